The summed E-state index contributed by atoms with van der Waals surface area (Å²) in [6, 6.07) is 21.6. The summed E-state index contributed by atoms with van der Waals surface area (Å²) in [5.41, 5.74) is 4.87. The highest BCUT2D eigenvalue weighted by atomic mass is 16.5. The molecule has 2 heterocycles. The molecule has 2 aliphatic heterocycles. The van der Waals surface area contributed by atoms with Crippen molar-refractivity contribution in [3.05, 3.63) is 89.0 Å². The van der Waals surface area contributed by atoms with Gasteiger partial charge >= 0.3 is 0 Å². The molecule has 3 aromatic rings. The Morgan fingerprint density at radius 3 is 2.59 bits per heavy atom. The van der Waals surface area contributed by atoms with Crippen LogP contribution in [0.1, 0.15) is 40.9 Å². The molecule has 0 radical (unpaired) electrons. The first-order valence-corrected chi connectivity index (χ1v) is 9.70. The third-order valence-electron chi connectivity index (χ3n) is 5.58. The van der Waals surface area contributed by atoms with Crippen molar-refractivity contribution in [3.63, 3.8) is 0 Å². The van der Waals surface area contributed by atoms with Crippen molar-refractivity contribution in [3.8, 4) is 17.2 Å². The number of fused-ring (bicyclic) bond motifs is 3. The largest absolute Gasteiger partial charge is 0.507 e. The van der Waals surface area contributed by atoms with Crippen molar-refractivity contribution in [2.75, 3.05) is 7.11 Å². The lowest BCUT2D eigenvalue weighted by Crippen LogP contribution is -2.33. The van der Waals surface area contributed by atoms with Crippen molar-refractivity contribution in [2.45, 2.75) is 25.6 Å². The molecule has 0 amide bonds. The van der Waals surface area contributed by atoms with Gasteiger partial charge in [0.1, 0.15) is 5.75 Å². The number of para-hydroxylation sites is 2. The molecule has 0 fully saturated rings. The second-order valence-corrected chi connectivity index (χ2v) is 7.42. The minimum absolute atomic E-state index is 0.00904. The van der Waals surface area contributed by atoms with E-state index < -0.39 is 0 Å². The zero-order valence-electron chi connectivity index (χ0n) is 16.4. The van der Waals surface area contributed by atoms with E-state index >= 15 is 0 Å². The maximum absolute atomic E-state index is 10.3. The van der Waals surface area contributed by atoms with Gasteiger partial charge in [-0.05, 0) is 25.1 Å². The Morgan fingerprint density at radius 2 is 1.83 bits per heavy atom. The van der Waals surface area contributed by atoms with E-state index in [4.69, 9.17) is 14.6 Å². The summed E-state index contributed by atoms with van der Waals surface area (Å²) in [5.74, 6) is 1.72. The Balaban J connectivity index is 1.63. The fourth-order valence-electron chi connectivity index (χ4n) is 4.08. The highest BCUT2D eigenvalue weighted by Crippen LogP contribution is 2.50. The molecule has 2 aliphatic rings. The number of aromatic hydroxyl groups is 1. The average Bonchev–Trinajstić information content (AvgIpc) is 3.19. The zero-order valence-corrected chi connectivity index (χ0v) is 16.4. The van der Waals surface area contributed by atoms with Crippen LogP contribution in [0.5, 0.6) is 17.2 Å². The van der Waals surface area contributed by atoms with E-state index in [9.17, 15) is 5.11 Å². The number of hydrogen-bond donors (Lipinski definition) is 1. The van der Waals surface area contributed by atoms with Crippen molar-refractivity contribution in [2.24, 2.45) is 5.10 Å². The van der Waals surface area contributed by atoms with Crippen molar-refractivity contribution < 1.29 is 14.6 Å². The summed E-state index contributed by atoms with van der Waals surface area (Å²) < 4.78 is 12.0. The number of hydrogen-bond acceptors (Lipinski definition) is 5. The fourth-order valence-corrected chi connectivity index (χ4v) is 4.08. The van der Waals surface area contributed by atoms with Crippen LogP contribution in [0.15, 0.2) is 71.8 Å². The molecule has 0 aliphatic carbocycles. The van der Waals surface area contributed by atoms with Crippen molar-refractivity contribution in [1.29, 1.82) is 0 Å². The van der Waals surface area contributed by atoms with Gasteiger partial charge in [-0.1, -0.05) is 54.1 Å². The Labute approximate surface area is 169 Å². The third kappa shape index (κ3) is 2.90. The van der Waals surface area contributed by atoms with Gasteiger partial charge in [-0.25, -0.2) is 5.01 Å². The van der Waals surface area contributed by atoms with Crippen molar-refractivity contribution >= 4 is 5.71 Å². The number of nitrogens with zero attached hydrogens (tertiary/aromatic N) is 2. The molecule has 2 atom stereocenters. The Hall–Kier alpha value is -3.47. The van der Waals surface area contributed by atoms with Crippen molar-refractivity contribution in [1.82, 2.24) is 5.01 Å². The molecule has 5 heteroatoms. The lowest BCUT2D eigenvalue weighted by molar-refractivity contribution is -0.0209. The molecule has 0 unspecified atom stereocenters. The average molecular weight is 386 g/mol. The number of ether oxygens (including phenoxy) is 2. The minimum Gasteiger partial charge on any atom is -0.507 e. The van der Waals surface area contributed by atoms with Crippen LogP contribution in [0.3, 0.4) is 0 Å². The summed E-state index contributed by atoms with van der Waals surface area (Å²) in [6.45, 7) is 2.07. The zero-order chi connectivity index (χ0) is 20.0. The van der Waals surface area contributed by atoms with Gasteiger partial charge in [-0.2, -0.15) is 5.10 Å². The summed E-state index contributed by atoms with van der Waals surface area (Å²) >= 11 is 0. The molecule has 0 aromatic heterocycles. The molecule has 3 aromatic carbocycles. The monoisotopic (exact) mass is 386 g/mol. The van der Waals surface area contributed by atoms with E-state index in [0.29, 0.717) is 6.42 Å². The van der Waals surface area contributed by atoms with Gasteiger partial charge in [0, 0.05) is 23.1 Å². The third-order valence-corrected chi connectivity index (χ3v) is 5.58. The predicted octanol–water partition coefficient (Wildman–Crippen LogP) is 4.95. The van der Waals surface area contributed by atoms with Crippen LogP contribution in [0.4, 0.5) is 0 Å². The maximum Gasteiger partial charge on any atom is 0.214 e. The lowest BCUT2D eigenvalue weighted by Gasteiger charge is -2.38. The van der Waals surface area contributed by atoms with Gasteiger partial charge in [-0.15, -0.1) is 0 Å². The van der Waals surface area contributed by atoms with Crippen LogP contribution in [-0.2, 0) is 0 Å². The number of hydrazone groups is 1. The maximum atomic E-state index is 10.3. The van der Waals surface area contributed by atoms with Gasteiger partial charge in [-0.3, -0.25) is 0 Å². The minimum atomic E-state index is -0.368. The topological polar surface area (TPSA) is 54.3 Å². The number of phenols is 1. The van der Waals surface area contributed by atoms with Crippen LogP contribution in [0.2, 0.25) is 0 Å². The van der Waals surface area contributed by atoms with Gasteiger partial charge in [0.2, 0.25) is 6.23 Å². The Morgan fingerprint density at radius 1 is 1.03 bits per heavy atom. The van der Waals surface area contributed by atoms with E-state index in [1.807, 2.05) is 35.3 Å². The number of methoxy groups -OCH3 is 1. The molecule has 29 heavy (non-hydrogen) atoms. The Kier molecular flexibility index (Phi) is 4.16. The van der Waals surface area contributed by atoms with Gasteiger partial charge < -0.3 is 14.6 Å². The van der Waals surface area contributed by atoms with E-state index in [-0.39, 0.29) is 18.0 Å². The number of benzene rings is 3. The normalized spacial score (nSPS) is 19.8. The molecule has 0 bridgehead atoms. The number of aryl methyl sites for hydroxylation is 1. The van der Waals surface area contributed by atoms with E-state index in [2.05, 4.69) is 37.3 Å². The lowest BCUT2D eigenvalue weighted by atomic mass is 9.95. The molecular weight excluding hydrogens is 364 g/mol. The second-order valence-electron chi connectivity index (χ2n) is 7.42. The Bertz CT molecular complexity index is 1090. The quantitative estimate of drug-likeness (QED) is 0.692. The van der Waals surface area contributed by atoms with Crippen LogP contribution < -0.4 is 9.47 Å². The number of phenolic OH excluding ortho intramolecular Hbond substituents is 1. The highest BCUT2D eigenvalue weighted by molar-refractivity contribution is 6.04. The van der Waals surface area contributed by atoms with E-state index in [1.165, 1.54) is 5.56 Å². The molecule has 5 nitrogen and oxygen atoms in total. The fraction of sp³-hybridized carbons (Fsp3) is 0.208. The first-order valence-electron chi connectivity index (χ1n) is 9.70. The second kappa shape index (κ2) is 6.85. The molecule has 0 saturated carbocycles. The summed E-state index contributed by atoms with van der Waals surface area (Å²) in [7, 11) is 1.66. The van der Waals surface area contributed by atoms with Crippen LogP contribution >= 0.6 is 0 Å². The van der Waals surface area contributed by atoms with Crippen LogP contribution in [-0.4, -0.2) is 22.9 Å². The number of rotatable bonds is 3. The molecular formula is C24H22N2O3. The molecule has 5 rings (SSSR count). The van der Waals surface area contributed by atoms with E-state index in [0.717, 1.165) is 33.9 Å². The first-order chi connectivity index (χ1) is 14.2. The van der Waals surface area contributed by atoms with Gasteiger partial charge in [0.25, 0.3) is 0 Å². The van der Waals surface area contributed by atoms with Gasteiger partial charge in [0.05, 0.1) is 18.9 Å². The van der Waals surface area contributed by atoms with Gasteiger partial charge in [0.15, 0.2) is 11.5 Å². The SMILES string of the molecule is COc1cccc2c1O[C@H](c1ccc(C)cc1)N1N=C(c3ccccc3O)C[C@@H]21. The standard InChI is InChI=1S/C24H22N2O3/c1-15-10-12-16(13-11-15)24-26-20(18-7-5-9-22(28-2)23(18)29-24)14-19(25-26)17-6-3-4-8-21(17)27/h3-13,20,24,27H,14H2,1-2H3/t20-,24+/m0/s1. The van der Waals surface area contributed by atoms with Crippen LogP contribution in [0.25, 0.3) is 0 Å². The highest BCUT2D eigenvalue weighted by Gasteiger charge is 2.42. The predicted molar refractivity (Wildman–Crippen MR) is 111 cm³/mol. The first kappa shape index (κ1) is 17.6. The molecule has 1 N–H and O–H groups in total. The molecule has 0 saturated heterocycles. The molecule has 146 valence electrons. The smallest absolute Gasteiger partial charge is 0.214 e. The summed E-state index contributed by atoms with van der Waals surface area (Å²) in [4.78, 5) is 0. The van der Waals surface area contributed by atoms with Crippen LogP contribution in [0, 0.1) is 6.92 Å². The molecule has 0 spiro atoms. The van der Waals surface area contributed by atoms with E-state index in [1.54, 1.807) is 13.2 Å². The summed E-state index contributed by atoms with van der Waals surface area (Å²) in [6.07, 6.45) is 0.316. The summed E-state index contributed by atoms with van der Waals surface area (Å²) in [5, 5.41) is 17.3.